The lowest BCUT2D eigenvalue weighted by atomic mass is 10.3. The molecule has 0 radical (unpaired) electrons. The number of hydrogen-bond donors (Lipinski definition) is 0. The van der Waals surface area contributed by atoms with E-state index in [0.29, 0.717) is 6.61 Å². The minimum atomic E-state index is -2.09. The molecular formula is C24H26OSi. The zero-order valence-electron chi connectivity index (χ0n) is 15.2. The van der Waals surface area contributed by atoms with Crippen LogP contribution in [0.15, 0.2) is 104 Å². The average molecular weight is 359 g/mol. The Balaban J connectivity index is 2.07. The Morgan fingerprint density at radius 1 is 0.692 bits per heavy atom. The van der Waals surface area contributed by atoms with Gasteiger partial charge in [0.25, 0.3) is 0 Å². The fourth-order valence-corrected chi connectivity index (χ4v) is 8.53. The molecule has 3 rings (SSSR count). The highest BCUT2D eigenvalue weighted by atomic mass is 28.3. The van der Waals surface area contributed by atoms with Gasteiger partial charge in [-0.15, -0.1) is 6.58 Å². The van der Waals surface area contributed by atoms with Crippen molar-refractivity contribution < 1.29 is 4.74 Å². The molecule has 0 aliphatic rings. The van der Waals surface area contributed by atoms with E-state index in [9.17, 15) is 0 Å². The van der Waals surface area contributed by atoms with Crippen LogP contribution in [0, 0.1) is 0 Å². The summed E-state index contributed by atoms with van der Waals surface area (Å²) in [6.07, 6.45) is 2.86. The first-order chi connectivity index (χ1) is 12.9. The van der Waals surface area contributed by atoms with Gasteiger partial charge in [-0.05, 0) is 28.0 Å². The Bertz CT molecular complexity index is 688. The van der Waals surface area contributed by atoms with E-state index >= 15 is 0 Å². The maximum absolute atomic E-state index is 5.69. The van der Waals surface area contributed by atoms with E-state index in [0.717, 1.165) is 19.1 Å². The summed E-state index contributed by atoms with van der Waals surface area (Å²) in [4.78, 5) is 0. The molecule has 2 heteroatoms. The second-order valence-electron chi connectivity index (χ2n) is 6.47. The first-order valence-electron chi connectivity index (χ1n) is 9.23. The van der Waals surface area contributed by atoms with Gasteiger partial charge in [-0.25, -0.2) is 0 Å². The summed E-state index contributed by atoms with van der Waals surface area (Å²) >= 11 is 0. The van der Waals surface area contributed by atoms with Gasteiger partial charge in [-0.2, -0.15) is 0 Å². The van der Waals surface area contributed by atoms with Gasteiger partial charge < -0.3 is 4.74 Å². The van der Waals surface area contributed by atoms with E-state index in [2.05, 4.69) is 97.6 Å². The fourth-order valence-electron chi connectivity index (χ4n) is 3.71. The molecule has 0 aliphatic heterocycles. The summed E-state index contributed by atoms with van der Waals surface area (Å²) in [5.74, 6) is 0. The average Bonchev–Trinajstić information content (AvgIpc) is 2.73. The van der Waals surface area contributed by atoms with Crippen molar-refractivity contribution >= 4 is 23.6 Å². The third-order valence-electron chi connectivity index (χ3n) is 4.88. The smallest absolute Gasteiger partial charge is 0.148 e. The Morgan fingerprint density at radius 3 is 1.50 bits per heavy atom. The molecule has 3 aromatic carbocycles. The van der Waals surface area contributed by atoms with Crippen LogP contribution in [0.5, 0.6) is 0 Å². The standard InChI is InChI=1S/C24H26OSi/c1-2-19-25-20-12-21-26(22-13-6-3-7-14-22,23-15-8-4-9-16-23)24-17-10-5-11-18-24/h2-11,13-18H,1,12,19-21H2. The third-order valence-corrected chi connectivity index (χ3v) is 9.94. The zero-order valence-corrected chi connectivity index (χ0v) is 16.2. The van der Waals surface area contributed by atoms with Crippen LogP contribution in [-0.4, -0.2) is 21.3 Å². The molecule has 0 N–H and O–H groups in total. The molecule has 26 heavy (non-hydrogen) atoms. The van der Waals surface area contributed by atoms with Crippen molar-refractivity contribution in [3.8, 4) is 0 Å². The normalized spacial score (nSPS) is 11.2. The predicted octanol–water partition coefficient (Wildman–Crippen LogP) is 3.75. The third kappa shape index (κ3) is 4.04. The summed E-state index contributed by atoms with van der Waals surface area (Å²) in [7, 11) is -2.09. The molecule has 132 valence electrons. The molecule has 3 aromatic rings. The molecule has 1 nitrogen and oxygen atoms in total. The van der Waals surface area contributed by atoms with Crippen LogP contribution >= 0.6 is 0 Å². The molecule has 0 bridgehead atoms. The van der Waals surface area contributed by atoms with Crippen LogP contribution in [0.3, 0.4) is 0 Å². The Labute approximate surface area is 158 Å². The van der Waals surface area contributed by atoms with Crippen LogP contribution in [0.25, 0.3) is 0 Å². The molecule has 0 saturated carbocycles. The van der Waals surface area contributed by atoms with Crippen molar-refractivity contribution in [2.45, 2.75) is 12.5 Å². The molecule has 0 aliphatic carbocycles. The van der Waals surface area contributed by atoms with Gasteiger partial charge in [-0.1, -0.05) is 97.1 Å². The molecule has 0 heterocycles. The first kappa shape index (κ1) is 18.4. The minimum Gasteiger partial charge on any atom is -0.377 e. The molecule has 0 aromatic heterocycles. The quantitative estimate of drug-likeness (QED) is 0.245. The zero-order chi connectivity index (χ0) is 18.1. The highest BCUT2D eigenvalue weighted by Crippen LogP contribution is 2.15. The molecule has 0 atom stereocenters. The van der Waals surface area contributed by atoms with Crippen molar-refractivity contribution in [1.82, 2.24) is 0 Å². The van der Waals surface area contributed by atoms with E-state index in [1.165, 1.54) is 15.6 Å². The SMILES string of the molecule is C=CCOCCC[Si](c1ccccc1)(c1ccccc1)c1ccccc1. The Morgan fingerprint density at radius 2 is 1.12 bits per heavy atom. The lowest BCUT2D eigenvalue weighted by Gasteiger charge is -2.34. The van der Waals surface area contributed by atoms with Crippen LogP contribution < -0.4 is 15.6 Å². The van der Waals surface area contributed by atoms with Gasteiger partial charge in [0.2, 0.25) is 0 Å². The largest absolute Gasteiger partial charge is 0.377 e. The van der Waals surface area contributed by atoms with Gasteiger partial charge in [0.15, 0.2) is 0 Å². The van der Waals surface area contributed by atoms with Crippen molar-refractivity contribution in [2.75, 3.05) is 13.2 Å². The van der Waals surface area contributed by atoms with E-state index in [1.807, 2.05) is 6.08 Å². The van der Waals surface area contributed by atoms with Crippen LogP contribution in [0.1, 0.15) is 6.42 Å². The van der Waals surface area contributed by atoms with Crippen molar-refractivity contribution in [3.63, 3.8) is 0 Å². The maximum Gasteiger partial charge on any atom is 0.148 e. The molecule has 0 amide bonds. The highest BCUT2D eigenvalue weighted by Gasteiger charge is 2.38. The lowest BCUT2D eigenvalue weighted by molar-refractivity contribution is 0.163. The van der Waals surface area contributed by atoms with Crippen LogP contribution in [-0.2, 0) is 4.74 Å². The van der Waals surface area contributed by atoms with Crippen LogP contribution in [0.2, 0.25) is 6.04 Å². The van der Waals surface area contributed by atoms with Gasteiger partial charge >= 0.3 is 0 Å². The molecular weight excluding hydrogens is 332 g/mol. The second-order valence-corrected chi connectivity index (χ2v) is 10.5. The van der Waals surface area contributed by atoms with E-state index in [-0.39, 0.29) is 0 Å². The topological polar surface area (TPSA) is 9.23 Å². The van der Waals surface area contributed by atoms with Gasteiger partial charge in [0.1, 0.15) is 8.07 Å². The van der Waals surface area contributed by atoms with Crippen LogP contribution in [0.4, 0.5) is 0 Å². The van der Waals surface area contributed by atoms with Crippen molar-refractivity contribution in [1.29, 1.82) is 0 Å². The van der Waals surface area contributed by atoms with Gasteiger partial charge in [0.05, 0.1) is 6.61 Å². The van der Waals surface area contributed by atoms with Crippen molar-refractivity contribution in [3.05, 3.63) is 104 Å². The maximum atomic E-state index is 5.69. The number of benzene rings is 3. The lowest BCUT2D eigenvalue weighted by Crippen LogP contribution is -2.67. The first-order valence-corrected chi connectivity index (χ1v) is 11.4. The van der Waals surface area contributed by atoms with E-state index in [1.54, 1.807) is 0 Å². The summed E-state index contributed by atoms with van der Waals surface area (Å²) < 4.78 is 5.69. The van der Waals surface area contributed by atoms with E-state index < -0.39 is 8.07 Å². The van der Waals surface area contributed by atoms with Gasteiger partial charge in [0, 0.05) is 6.61 Å². The highest BCUT2D eigenvalue weighted by molar-refractivity contribution is 7.11. The predicted molar refractivity (Wildman–Crippen MR) is 114 cm³/mol. The van der Waals surface area contributed by atoms with E-state index in [4.69, 9.17) is 4.74 Å². The Hall–Kier alpha value is -2.42. The summed E-state index contributed by atoms with van der Waals surface area (Å²) in [5, 5.41) is 4.38. The Kier molecular flexibility index (Phi) is 6.59. The summed E-state index contributed by atoms with van der Waals surface area (Å²) in [6.45, 7) is 5.13. The number of rotatable bonds is 9. The molecule has 0 saturated heterocycles. The number of hydrogen-bond acceptors (Lipinski definition) is 1. The monoisotopic (exact) mass is 358 g/mol. The fraction of sp³-hybridized carbons (Fsp3) is 0.167. The molecule has 0 spiro atoms. The molecule has 0 unspecified atom stereocenters. The summed E-state index contributed by atoms with van der Waals surface area (Å²) in [6, 6.07) is 34.2. The van der Waals surface area contributed by atoms with Crippen molar-refractivity contribution in [2.24, 2.45) is 0 Å². The second kappa shape index (κ2) is 9.32. The number of ether oxygens (including phenoxy) is 1. The minimum absolute atomic E-state index is 0.622. The van der Waals surface area contributed by atoms with Gasteiger partial charge in [-0.3, -0.25) is 0 Å². The molecule has 0 fully saturated rings. The summed E-state index contributed by atoms with van der Waals surface area (Å²) in [5.41, 5.74) is 0.